The van der Waals surface area contributed by atoms with Crippen LogP contribution in [0.2, 0.25) is 0 Å². The maximum Gasteiger partial charge on any atom is 0.178 e. The van der Waals surface area contributed by atoms with Gasteiger partial charge in [-0.2, -0.15) is 0 Å². The third kappa shape index (κ3) is 6.02. The molecule has 0 fully saturated rings. The van der Waals surface area contributed by atoms with Gasteiger partial charge in [0.15, 0.2) is 11.6 Å². The molecule has 4 aromatic heterocycles. The summed E-state index contributed by atoms with van der Waals surface area (Å²) in [6.45, 7) is 0. The molecule has 10 rings (SSSR count). The fourth-order valence-electron chi connectivity index (χ4n) is 6.86. The van der Waals surface area contributed by atoms with E-state index in [1.54, 1.807) is 0 Å². The van der Waals surface area contributed by atoms with Crippen LogP contribution in [0.3, 0.4) is 0 Å². The Morgan fingerprint density at radius 1 is 0.259 bits per heavy atom. The van der Waals surface area contributed by atoms with Crippen molar-refractivity contribution in [2.75, 3.05) is 0 Å². The first-order chi connectivity index (χ1) is 26.7. The maximum absolute atomic E-state index is 5.06. The van der Waals surface area contributed by atoms with Crippen LogP contribution in [0.4, 0.5) is 0 Å². The number of rotatable bonds is 6. The summed E-state index contributed by atoms with van der Waals surface area (Å²) in [6.07, 6.45) is 1.85. The molecule has 0 N–H and O–H groups in total. The summed E-state index contributed by atoms with van der Waals surface area (Å²) in [5.74, 6) is 1.32. The first-order valence-corrected chi connectivity index (χ1v) is 17.9. The van der Waals surface area contributed by atoms with E-state index in [4.69, 9.17) is 24.9 Å². The summed E-state index contributed by atoms with van der Waals surface area (Å²) in [6, 6.07) is 60.0. The van der Waals surface area contributed by atoms with Crippen molar-refractivity contribution in [1.82, 2.24) is 29.9 Å². The lowest BCUT2D eigenvalue weighted by Crippen LogP contribution is -1.96. The molecule has 10 aromatic rings. The predicted molar refractivity (Wildman–Crippen MR) is 218 cm³/mol. The molecule has 0 spiro atoms. The van der Waals surface area contributed by atoms with Gasteiger partial charge in [0.2, 0.25) is 0 Å². The fraction of sp³-hybridized carbons (Fsp3) is 0. The molecule has 252 valence electrons. The molecule has 0 amide bonds. The van der Waals surface area contributed by atoms with E-state index in [1.165, 1.54) is 0 Å². The van der Waals surface area contributed by atoms with Crippen molar-refractivity contribution in [2.45, 2.75) is 0 Å². The molecular formula is C48H30N6. The molecule has 0 aliphatic heterocycles. The van der Waals surface area contributed by atoms with Gasteiger partial charge in [0.1, 0.15) is 5.69 Å². The SMILES string of the molecule is c1ccc(-c2cc(-c3ccc(-c4ccc5cc(-c6ccc7ccc(-c8ncc9ccccc9n8)nc7c6)ccc5n4)cc3)nc(-c3ccccc3)n2)cc1. The Bertz CT molecular complexity index is 2920. The van der Waals surface area contributed by atoms with Crippen molar-refractivity contribution < 1.29 is 0 Å². The first kappa shape index (κ1) is 31.3. The Kier molecular flexibility index (Phi) is 7.69. The van der Waals surface area contributed by atoms with Crippen LogP contribution in [0.25, 0.3) is 101 Å². The highest BCUT2D eigenvalue weighted by Gasteiger charge is 2.12. The minimum Gasteiger partial charge on any atom is -0.248 e. The number of hydrogen-bond donors (Lipinski definition) is 0. The van der Waals surface area contributed by atoms with Crippen LogP contribution in [-0.4, -0.2) is 29.9 Å². The standard InChI is InChI=1S/C48H30N6/c1-3-9-31(10-4-1)45-29-46(54-47(53-45)35-11-5-2-6-12-35)33-17-15-32(16-18-33)41-25-23-38-27-36(22-24-42(38)50-41)37-20-19-34-21-26-43(51-44(34)28-37)48-49-30-39-13-7-8-14-40(39)52-48/h1-30H. The topological polar surface area (TPSA) is 77.3 Å². The molecular weight excluding hydrogens is 661 g/mol. The summed E-state index contributed by atoms with van der Waals surface area (Å²) in [5, 5.41) is 3.14. The molecule has 6 aromatic carbocycles. The minimum absolute atomic E-state index is 0.617. The van der Waals surface area contributed by atoms with Crippen molar-refractivity contribution in [1.29, 1.82) is 0 Å². The summed E-state index contributed by atoms with van der Waals surface area (Å²) in [5.41, 5.74) is 12.4. The Labute approximate surface area is 311 Å². The van der Waals surface area contributed by atoms with Gasteiger partial charge in [-0.3, -0.25) is 0 Å². The highest BCUT2D eigenvalue weighted by Crippen LogP contribution is 2.32. The van der Waals surface area contributed by atoms with E-state index in [1.807, 2.05) is 85.1 Å². The molecule has 0 aliphatic rings. The second-order valence-electron chi connectivity index (χ2n) is 13.2. The third-order valence-corrected chi connectivity index (χ3v) is 9.74. The van der Waals surface area contributed by atoms with Crippen molar-refractivity contribution >= 4 is 32.7 Å². The second-order valence-corrected chi connectivity index (χ2v) is 13.2. The minimum atomic E-state index is 0.617. The first-order valence-electron chi connectivity index (χ1n) is 17.9. The summed E-state index contributed by atoms with van der Waals surface area (Å²) in [7, 11) is 0. The van der Waals surface area contributed by atoms with E-state index < -0.39 is 0 Å². The zero-order valence-electron chi connectivity index (χ0n) is 29.0. The molecule has 0 saturated carbocycles. The number of aromatic nitrogens is 6. The second kappa shape index (κ2) is 13.3. The van der Waals surface area contributed by atoms with E-state index in [0.29, 0.717) is 11.6 Å². The number of hydrogen-bond acceptors (Lipinski definition) is 6. The Morgan fingerprint density at radius 2 is 0.815 bits per heavy atom. The lowest BCUT2D eigenvalue weighted by atomic mass is 10.0. The van der Waals surface area contributed by atoms with Crippen LogP contribution in [0.1, 0.15) is 0 Å². The van der Waals surface area contributed by atoms with Gasteiger partial charge in [-0.15, -0.1) is 0 Å². The Balaban J connectivity index is 0.936. The molecule has 0 radical (unpaired) electrons. The van der Waals surface area contributed by atoms with Crippen molar-refractivity contribution in [2.24, 2.45) is 0 Å². The third-order valence-electron chi connectivity index (χ3n) is 9.74. The lowest BCUT2D eigenvalue weighted by molar-refractivity contribution is 1.18. The molecule has 6 nitrogen and oxygen atoms in total. The Morgan fingerprint density at radius 3 is 1.61 bits per heavy atom. The monoisotopic (exact) mass is 690 g/mol. The van der Waals surface area contributed by atoms with Gasteiger partial charge in [0, 0.05) is 44.6 Å². The number of nitrogens with zero attached hydrogens (tertiary/aromatic N) is 6. The quantitative estimate of drug-likeness (QED) is 0.173. The van der Waals surface area contributed by atoms with Crippen LogP contribution in [0, 0.1) is 0 Å². The fourth-order valence-corrected chi connectivity index (χ4v) is 6.86. The average molecular weight is 691 g/mol. The number of fused-ring (bicyclic) bond motifs is 3. The highest BCUT2D eigenvalue weighted by molar-refractivity contribution is 5.90. The normalized spacial score (nSPS) is 11.3. The van der Waals surface area contributed by atoms with Gasteiger partial charge in [0.25, 0.3) is 0 Å². The number of benzene rings is 6. The molecule has 0 aliphatic carbocycles. The molecule has 54 heavy (non-hydrogen) atoms. The molecule has 6 heteroatoms. The van der Waals surface area contributed by atoms with Crippen LogP contribution in [0.15, 0.2) is 182 Å². The van der Waals surface area contributed by atoms with E-state index >= 15 is 0 Å². The summed E-state index contributed by atoms with van der Waals surface area (Å²) >= 11 is 0. The van der Waals surface area contributed by atoms with E-state index in [9.17, 15) is 0 Å². The highest BCUT2D eigenvalue weighted by atomic mass is 14.9. The van der Waals surface area contributed by atoms with Gasteiger partial charge in [-0.1, -0.05) is 133 Å². The van der Waals surface area contributed by atoms with E-state index in [2.05, 4.69) is 102 Å². The van der Waals surface area contributed by atoms with Gasteiger partial charge in [-0.25, -0.2) is 29.9 Å². The number of para-hydroxylation sites is 1. The van der Waals surface area contributed by atoms with Crippen LogP contribution in [0.5, 0.6) is 0 Å². The van der Waals surface area contributed by atoms with Gasteiger partial charge in [0.05, 0.1) is 33.6 Å². The Hall–Kier alpha value is -7.44. The van der Waals surface area contributed by atoms with Crippen molar-refractivity contribution in [3.63, 3.8) is 0 Å². The molecule has 0 saturated heterocycles. The predicted octanol–water partition coefficient (Wildman–Crippen LogP) is 11.5. The maximum atomic E-state index is 5.06. The number of pyridine rings is 2. The van der Waals surface area contributed by atoms with Crippen molar-refractivity contribution in [3.8, 4) is 67.8 Å². The largest absolute Gasteiger partial charge is 0.248 e. The van der Waals surface area contributed by atoms with Crippen LogP contribution < -0.4 is 0 Å². The molecule has 0 unspecified atom stereocenters. The lowest BCUT2D eigenvalue weighted by Gasteiger charge is -2.10. The van der Waals surface area contributed by atoms with E-state index in [-0.39, 0.29) is 0 Å². The summed E-state index contributed by atoms with van der Waals surface area (Å²) in [4.78, 5) is 29.3. The molecule has 4 heterocycles. The molecule has 0 atom stereocenters. The molecule has 0 bridgehead atoms. The van der Waals surface area contributed by atoms with Gasteiger partial charge in [-0.05, 0) is 53.6 Å². The van der Waals surface area contributed by atoms with Gasteiger partial charge >= 0.3 is 0 Å². The van der Waals surface area contributed by atoms with E-state index in [0.717, 1.165) is 88.9 Å². The average Bonchev–Trinajstić information content (AvgIpc) is 3.26. The summed E-state index contributed by atoms with van der Waals surface area (Å²) < 4.78 is 0. The smallest absolute Gasteiger partial charge is 0.178 e. The van der Waals surface area contributed by atoms with Gasteiger partial charge < -0.3 is 0 Å². The zero-order chi connectivity index (χ0) is 35.8. The van der Waals surface area contributed by atoms with Crippen LogP contribution >= 0.6 is 0 Å². The van der Waals surface area contributed by atoms with Crippen molar-refractivity contribution in [3.05, 3.63) is 182 Å². The van der Waals surface area contributed by atoms with Crippen LogP contribution in [-0.2, 0) is 0 Å². The zero-order valence-corrected chi connectivity index (χ0v) is 29.0.